The molecule has 1 heterocycles. The molecule has 4 nitrogen and oxygen atoms in total. The summed E-state index contributed by atoms with van der Waals surface area (Å²) in [5.41, 5.74) is 7.04. The van der Waals surface area contributed by atoms with E-state index in [4.69, 9.17) is 5.73 Å². The molecule has 0 aromatic heterocycles. The van der Waals surface area contributed by atoms with Gasteiger partial charge in [0.2, 0.25) is 10.0 Å². The quantitative estimate of drug-likeness (QED) is 0.870. The fraction of sp³-hybridized carbons (Fsp3) is 0.600. The number of unbranched alkanes of at least 4 members (excludes halogenated alkanes) is 1. The Kier molecular flexibility index (Phi) is 5.18. The van der Waals surface area contributed by atoms with Crippen molar-refractivity contribution in [2.45, 2.75) is 25.7 Å². The monoisotopic (exact) mass is 296 g/mol. The second kappa shape index (κ2) is 6.70. The van der Waals surface area contributed by atoms with Crippen molar-refractivity contribution in [2.75, 3.05) is 25.4 Å². The first-order chi connectivity index (χ1) is 9.58. The molecule has 1 fully saturated rings. The highest BCUT2D eigenvalue weighted by atomic mass is 32.2. The first-order valence-electron chi connectivity index (χ1n) is 7.31. The van der Waals surface area contributed by atoms with Gasteiger partial charge in [-0.15, -0.1) is 0 Å². The van der Waals surface area contributed by atoms with Crippen LogP contribution in [0.2, 0.25) is 0 Å². The number of nitrogens with zero attached hydrogens (tertiary/aromatic N) is 1. The van der Waals surface area contributed by atoms with Crippen LogP contribution in [0.1, 0.15) is 31.2 Å². The van der Waals surface area contributed by atoms with Crippen LogP contribution in [-0.2, 0) is 10.0 Å². The van der Waals surface area contributed by atoms with Gasteiger partial charge >= 0.3 is 0 Å². The summed E-state index contributed by atoms with van der Waals surface area (Å²) in [6.07, 6.45) is 1.62. The number of hydrogen-bond donors (Lipinski definition) is 1. The summed E-state index contributed by atoms with van der Waals surface area (Å²) in [7, 11) is -3.13. The molecule has 1 aromatic rings. The number of nitrogens with two attached hydrogens (primary N) is 1. The molecule has 1 saturated heterocycles. The minimum Gasteiger partial charge on any atom is -0.330 e. The van der Waals surface area contributed by atoms with Crippen molar-refractivity contribution in [1.82, 2.24) is 4.31 Å². The molecular formula is C15H24N2O2S. The van der Waals surface area contributed by atoms with Crippen molar-refractivity contribution < 1.29 is 8.42 Å². The summed E-state index contributed by atoms with van der Waals surface area (Å²) < 4.78 is 26.3. The predicted octanol–water partition coefficient (Wildman–Crippen LogP) is 1.79. The second-order valence-corrected chi connectivity index (χ2v) is 7.59. The van der Waals surface area contributed by atoms with Gasteiger partial charge < -0.3 is 5.73 Å². The zero-order valence-corrected chi connectivity index (χ0v) is 12.8. The first-order valence-corrected chi connectivity index (χ1v) is 8.92. The number of hydrogen-bond acceptors (Lipinski definition) is 3. The minimum atomic E-state index is -3.13. The molecule has 2 rings (SSSR count). The third-order valence-corrected chi connectivity index (χ3v) is 5.98. The molecule has 1 aliphatic heterocycles. The maximum atomic E-state index is 12.3. The smallest absolute Gasteiger partial charge is 0.214 e. The third kappa shape index (κ3) is 3.40. The molecule has 112 valence electrons. The molecule has 0 radical (unpaired) electrons. The lowest BCUT2D eigenvalue weighted by atomic mass is 9.89. The van der Waals surface area contributed by atoms with E-state index in [9.17, 15) is 8.42 Å². The molecule has 0 aliphatic carbocycles. The van der Waals surface area contributed by atoms with Gasteiger partial charge in [-0.05, 0) is 24.4 Å². The molecule has 0 spiro atoms. The molecule has 0 unspecified atom stereocenters. The number of rotatable bonds is 6. The van der Waals surface area contributed by atoms with Gasteiger partial charge in [-0.2, -0.15) is 0 Å². The molecule has 0 amide bonds. The van der Waals surface area contributed by atoms with E-state index < -0.39 is 10.0 Å². The molecular weight excluding hydrogens is 272 g/mol. The summed E-state index contributed by atoms with van der Waals surface area (Å²) in [6.45, 7) is 3.66. The molecule has 2 N–H and O–H groups in total. The topological polar surface area (TPSA) is 63.4 Å². The van der Waals surface area contributed by atoms with Crippen LogP contribution < -0.4 is 5.73 Å². The van der Waals surface area contributed by atoms with Crippen molar-refractivity contribution in [3.8, 4) is 0 Å². The Morgan fingerprint density at radius 3 is 2.55 bits per heavy atom. The van der Waals surface area contributed by atoms with E-state index in [1.165, 1.54) is 5.56 Å². The molecule has 20 heavy (non-hydrogen) atoms. The van der Waals surface area contributed by atoms with Gasteiger partial charge in [-0.1, -0.05) is 43.7 Å². The third-order valence-electron chi connectivity index (χ3n) is 4.09. The lowest BCUT2D eigenvalue weighted by Crippen LogP contribution is -2.31. The highest BCUT2D eigenvalue weighted by Crippen LogP contribution is 2.33. The fourth-order valence-corrected chi connectivity index (χ4v) is 4.55. The van der Waals surface area contributed by atoms with Crippen LogP contribution in [0.5, 0.6) is 0 Å². The highest BCUT2D eigenvalue weighted by molar-refractivity contribution is 7.89. The summed E-state index contributed by atoms with van der Waals surface area (Å²) in [5, 5.41) is 0. The summed E-state index contributed by atoms with van der Waals surface area (Å²) in [5.74, 6) is 0.689. The Morgan fingerprint density at radius 1 is 1.25 bits per heavy atom. The van der Waals surface area contributed by atoms with Crippen LogP contribution in [0.25, 0.3) is 0 Å². The van der Waals surface area contributed by atoms with Gasteiger partial charge in [0.25, 0.3) is 0 Å². The minimum absolute atomic E-state index is 0.216. The van der Waals surface area contributed by atoms with E-state index in [1.54, 1.807) is 4.31 Å². The van der Waals surface area contributed by atoms with E-state index in [0.29, 0.717) is 19.6 Å². The van der Waals surface area contributed by atoms with Gasteiger partial charge in [-0.3, -0.25) is 0 Å². The van der Waals surface area contributed by atoms with E-state index in [1.807, 2.05) is 25.1 Å². The van der Waals surface area contributed by atoms with E-state index in [0.717, 1.165) is 12.8 Å². The van der Waals surface area contributed by atoms with E-state index in [2.05, 4.69) is 12.1 Å². The Hall–Kier alpha value is -0.910. The Bertz CT molecular complexity index is 516. The number of sulfonamides is 1. The van der Waals surface area contributed by atoms with Crippen molar-refractivity contribution in [1.29, 1.82) is 0 Å². The van der Waals surface area contributed by atoms with Gasteiger partial charge in [0.1, 0.15) is 0 Å². The molecule has 2 atom stereocenters. The average Bonchev–Trinajstić information content (AvgIpc) is 2.91. The predicted molar refractivity (Wildman–Crippen MR) is 82.0 cm³/mol. The van der Waals surface area contributed by atoms with Crippen LogP contribution in [0.15, 0.2) is 30.3 Å². The maximum absolute atomic E-state index is 12.3. The standard InChI is InChI=1S/C15H24N2O2S/c1-2-3-9-20(18,19)17-11-14(10-16)15(12-17)13-7-5-4-6-8-13/h4-8,14-15H,2-3,9-12,16H2,1H3/t14-,15+/m1/s1. The van der Waals surface area contributed by atoms with Crippen molar-refractivity contribution >= 4 is 10.0 Å². The lowest BCUT2D eigenvalue weighted by molar-refractivity contribution is 0.457. The van der Waals surface area contributed by atoms with Gasteiger partial charge in [0, 0.05) is 19.0 Å². The highest BCUT2D eigenvalue weighted by Gasteiger charge is 2.38. The van der Waals surface area contributed by atoms with Crippen LogP contribution in [0.3, 0.4) is 0 Å². The van der Waals surface area contributed by atoms with Gasteiger partial charge in [0.15, 0.2) is 0 Å². The second-order valence-electron chi connectivity index (χ2n) is 5.50. The molecule has 5 heteroatoms. The Labute approximate surface area is 122 Å². The van der Waals surface area contributed by atoms with Gasteiger partial charge in [0.05, 0.1) is 5.75 Å². The van der Waals surface area contributed by atoms with E-state index >= 15 is 0 Å². The van der Waals surface area contributed by atoms with E-state index in [-0.39, 0.29) is 17.6 Å². The molecule has 1 aliphatic rings. The maximum Gasteiger partial charge on any atom is 0.214 e. The van der Waals surface area contributed by atoms with Gasteiger partial charge in [-0.25, -0.2) is 12.7 Å². The van der Waals surface area contributed by atoms with Crippen LogP contribution in [-0.4, -0.2) is 38.1 Å². The lowest BCUT2D eigenvalue weighted by Gasteiger charge is -2.16. The molecule has 0 bridgehead atoms. The van der Waals surface area contributed by atoms with Crippen molar-refractivity contribution in [3.63, 3.8) is 0 Å². The Morgan fingerprint density at radius 2 is 1.95 bits per heavy atom. The molecule has 1 aromatic carbocycles. The SMILES string of the molecule is CCCCS(=O)(=O)N1C[C@@H](CN)[C@H](c2ccccc2)C1. The van der Waals surface area contributed by atoms with Crippen LogP contribution in [0.4, 0.5) is 0 Å². The average molecular weight is 296 g/mol. The summed E-state index contributed by atoms with van der Waals surface area (Å²) in [6, 6.07) is 10.1. The molecule has 0 saturated carbocycles. The summed E-state index contributed by atoms with van der Waals surface area (Å²) in [4.78, 5) is 0. The van der Waals surface area contributed by atoms with Crippen molar-refractivity contribution in [3.05, 3.63) is 35.9 Å². The fourth-order valence-electron chi connectivity index (χ4n) is 2.83. The van der Waals surface area contributed by atoms with Crippen LogP contribution >= 0.6 is 0 Å². The normalized spacial score (nSPS) is 24.1. The first kappa shape index (κ1) is 15.5. The summed E-state index contributed by atoms with van der Waals surface area (Å²) >= 11 is 0. The van der Waals surface area contributed by atoms with Crippen molar-refractivity contribution in [2.24, 2.45) is 11.7 Å². The van der Waals surface area contributed by atoms with Crippen LogP contribution in [0, 0.1) is 5.92 Å². The zero-order valence-electron chi connectivity index (χ0n) is 12.0. The Balaban J connectivity index is 2.14. The largest absolute Gasteiger partial charge is 0.330 e. The number of benzene rings is 1. The zero-order chi connectivity index (χ0) is 14.6.